The highest BCUT2D eigenvalue weighted by molar-refractivity contribution is 5.76. The van der Waals surface area contributed by atoms with Crippen molar-refractivity contribution in [1.29, 1.82) is 0 Å². The van der Waals surface area contributed by atoms with Crippen LogP contribution in [0, 0.1) is 12.1 Å². The van der Waals surface area contributed by atoms with Crippen LogP contribution < -0.4 is 0 Å². The summed E-state index contributed by atoms with van der Waals surface area (Å²) in [6.07, 6.45) is 1.56. The third kappa shape index (κ3) is 0.739. The number of rotatable bonds is 0. The summed E-state index contributed by atoms with van der Waals surface area (Å²) >= 11 is 0. The molecule has 0 aliphatic carbocycles. The quantitative estimate of drug-likeness (QED) is 0.533. The molecule has 2 rings (SSSR count). The van der Waals surface area contributed by atoms with Crippen molar-refractivity contribution in [2.24, 2.45) is 0 Å². The van der Waals surface area contributed by atoms with Crippen LogP contribution in [0.3, 0.4) is 0 Å². The van der Waals surface area contributed by atoms with E-state index in [9.17, 15) is 0 Å². The average Bonchev–Trinajstić information content (AvgIpc) is 2.05. The highest BCUT2D eigenvalue weighted by Crippen LogP contribution is 2.05. The Bertz CT molecular complexity index is 278. The minimum atomic E-state index is 0.838. The largest absolute Gasteiger partial charge is 0.158 e. The second-order valence-electron chi connectivity index (χ2n) is 1.93. The monoisotopic (exact) mass is 128 g/mol. The first-order valence-corrected chi connectivity index (χ1v) is 2.96. The van der Waals surface area contributed by atoms with Gasteiger partial charge in [-0.15, -0.1) is 0 Å². The molecule has 1 heterocycles. The fourth-order valence-electron chi connectivity index (χ4n) is 0.816. The van der Waals surface area contributed by atoms with Gasteiger partial charge in [-0.25, -0.2) is 0 Å². The van der Waals surface area contributed by atoms with Gasteiger partial charge in [-0.05, 0) is 12.1 Å². The Kier molecular flexibility index (Phi) is 1.10. The molecule has 0 unspecified atom stereocenters. The SMILES string of the molecule is [c]1ccc2[c]cnnc2c1. The van der Waals surface area contributed by atoms with Crippen molar-refractivity contribution in [3.63, 3.8) is 0 Å². The van der Waals surface area contributed by atoms with Crippen LogP contribution in [-0.4, -0.2) is 10.2 Å². The lowest BCUT2D eigenvalue weighted by Crippen LogP contribution is -1.80. The Hall–Kier alpha value is -1.44. The number of hydrogen-bond donors (Lipinski definition) is 0. The van der Waals surface area contributed by atoms with Gasteiger partial charge in [0.15, 0.2) is 0 Å². The summed E-state index contributed by atoms with van der Waals surface area (Å²) in [5.41, 5.74) is 0.838. The molecule has 0 aliphatic heterocycles. The van der Waals surface area contributed by atoms with Crippen molar-refractivity contribution in [1.82, 2.24) is 10.2 Å². The zero-order valence-electron chi connectivity index (χ0n) is 5.20. The van der Waals surface area contributed by atoms with E-state index in [1.807, 2.05) is 12.1 Å². The van der Waals surface area contributed by atoms with Crippen LogP contribution in [0.25, 0.3) is 10.9 Å². The first-order chi connectivity index (χ1) is 4.97. The van der Waals surface area contributed by atoms with Gasteiger partial charge in [0, 0.05) is 11.5 Å². The normalized spacial score (nSPS) is 10.0. The van der Waals surface area contributed by atoms with E-state index in [0.717, 1.165) is 10.9 Å². The van der Waals surface area contributed by atoms with Gasteiger partial charge in [-0.2, -0.15) is 10.2 Å². The molecule has 0 bridgehead atoms. The first-order valence-electron chi connectivity index (χ1n) is 2.96. The van der Waals surface area contributed by atoms with Crippen molar-refractivity contribution in [3.05, 3.63) is 36.5 Å². The molecule has 46 valence electrons. The molecule has 0 N–H and O–H groups in total. The summed E-state index contributed by atoms with van der Waals surface area (Å²) in [5, 5.41) is 8.54. The maximum Gasteiger partial charge on any atom is 0.0942 e. The fraction of sp³-hybridized carbons (Fsp3) is 0. The Morgan fingerprint density at radius 2 is 2.40 bits per heavy atom. The third-order valence-electron chi connectivity index (χ3n) is 1.29. The number of benzene rings is 1. The predicted octanol–water partition coefficient (Wildman–Crippen LogP) is 1.23. The van der Waals surface area contributed by atoms with Gasteiger partial charge in [-0.3, -0.25) is 0 Å². The fourth-order valence-corrected chi connectivity index (χ4v) is 0.816. The molecule has 1 aromatic heterocycles. The van der Waals surface area contributed by atoms with Crippen molar-refractivity contribution in [3.8, 4) is 0 Å². The molecule has 2 radical (unpaired) electrons. The summed E-state index contributed by atoms with van der Waals surface area (Å²) in [6, 6.07) is 11.4. The summed E-state index contributed by atoms with van der Waals surface area (Å²) in [7, 11) is 0. The maximum absolute atomic E-state index is 3.87. The minimum absolute atomic E-state index is 0.838. The van der Waals surface area contributed by atoms with Gasteiger partial charge >= 0.3 is 0 Å². The van der Waals surface area contributed by atoms with Crippen LogP contribution in [0.1, 0.15) is 0 Å². The van der Waals surface area contributed by atoms with E-state index in [-0.39, 0.29) is 0 Å². The molecular formula is C8H4N2. The lowest BCUT2D eigenvalue weighted by atomic mass is 10.2. The summed E-state index contributed by atoms with van der Waals surface area (Å²) in [6.45, 7) is 0. The van der Waals surface area contributed by atoms with Gasteiger partial charge < -0.3 is 0 Å². The van der Waals surface area contributed by atoms with E-state index in [1.54, 1.807) is 12.3 Å². The molecule has 0 spiro atoms. The van der Waals surface area contributed by atoms with E-state index in [0.29, 0.717) is 0 Å². The van der Waals surface area contributed by atoms with E-state index < -0.39 is 0 Å². The standard InChI is InChI=1S/C8H4N2/c1-2-4-8-7(3-1)5-6-9-10-8/h1,3-4,6H. The van der Waals surface area contributed by atoms with Crippen LogP contribution in [0.4, 0.5) is 0 Å². The Morgan fingerprint density at radius 3 is 3.30 bits per heavy atom. The van der Waals surface area contributed by atoms with Gasteiger partial charge in [0.2, 0.25) is 0 Å². The molecule has 2 aromatic rings. The Morgan fingerprint density at radius 1 is 1.40 bits per heavy atom. The van der Waals surface area contributed by atoms with E-state index in [1.165, 1.54) is 0 Å². The Labute approximate surface area is 58.5 Å². The molecule has 0 amide bonds. The summed E-state index contributed by atoms with van der Waals surface area (Å²) in [5.74, 6) is 0. The van der Waals surface area contributed by atoms with Crippen LogP contribution in [0.2, 0.25) is 0 Å². The van der Waals surface area contributed by atoms with E-state index >= 15 is 0 Å². The minimum Gasteiger partial charge on any atom is -0.158 e. The molecule has 0 saturated carbocycles. The lowest BCUT2D eigenvalue weighted by molar-refractivity contribution is 1.07. The van der Waals surface area contributed by atoms with Crippen LogP contribution in [-0.2, 0) is 0 Å². The van der Waals surface area contributed by atoms with Gasteiger partial charge in [0.05, 0.1) is 11.7 Å². The van der Waals surface area contributed by atoms with Crippen molar-refractivity contribution in [2.45, 2.75) is 0 Å². The van der Waals surface area contributed by atoms with Crippen LogP contribution in [0.15, 0.2) is 24.4 Å². The zero-order chi connectivity index (χ0) is 6.81. The Balaban J connectivity index is 2.89. The average molecular weight is 128 g/mol. The highest BCUT2D eigenvalue weighted by atomic mass is 15.1. The lowest BCUT2D eigenvalue weighted by Gasteiger charge is -1.89. The first kappa shape index (κ1) is 5.35. The molecule has 2 nitrogen and oxygen atoms in total. The number of hydrogen-bond acceptors (Lipinski definition) is 2. The molecule has 2 heteroatoms. The zero-order valence-corrected chi connectivity index (χ0v) is 5.20. The molecule has 10 heavy (non-hydrogen) atoms. The second kappa shape index (κ2) is 2.06. The van der Waals surface area contributed by atoms with Crippen molar-refractivity contribution >= 4 is 10.9 Å². The van der Waals surface area contributed by atoms with Gasteiger partial charge in [0.25, 0.3) is 0 Å². The van der Waals surface area contributed by atoms with Gasteiger partial charge in [0.1, 0.15) is 0 Å². The number of aromatic nitrogens is 2. The highest BCUT2D eigenvalue weighted by Gasteiger charge is 1.88. The molecule has 0 saturated heterocycles. The number of nitrogens with zero attached hydrogens (tertiary/aromatic N) is 2. The smallest absolute Gasteiger partial charge is 0.0942 e. The molecule has 0 fully saturated rings. The summed E-state index contributed by atoms with van der Waals surface area (Å²) in [4.78, 5) is 0. The molecule has 1 aromatic carbocycles. The molecule has 0 atom stereocenters. The third-order valence-corrected chi connectivity index (χ3v) is 1.29. The van der Waals surface area contributed by atoms with E-state index in [4.69, 9.17) is 0 Å². The molecule has 0 aliphatic rings. The number of fused-ring (bicyclic) bond motifs is 1. The van der Waals surface area contributed by atoms with Gasteiger partial charge in [-0.1, -0.05) is 12.1 Å². The predicted molar refractivity (Wildman–Crippen MR) is 37.2 cm³/mol. The van der Waals surface area contributed by atoms with Crippen LogP contribution in [0.5, 0.6) is 0 Å². The van der Waals surface area contributed by atoms with Crippen molar-refractivity contribution < 1.29 is 0 Å². The topological polar surface area (TPSA) is 25.8 Å². The maximum atomic E-state index is 3.87. The van der Waals surface area contributed by atoms with E-state index in [2.05, 4.69) is 22.3 Å². The summed E-state index contributed by atoms with van der Waals surface area (Å²) < 4.78 is 0. The van der Waals surface area contributed by atoms with Crippen LogP contribution >= 0.6 is 0 Å². The van der Waals surface area contributed by atoms with Crippen molar-refractivity contribution in [2.75, 3.05) is 0 Å². The molecular weight excluding hydrogens is 124 g/mol. The second-order valence-corrected chi connectivity index (χ2v) is 1.93.